The Morgan fingerprint density at radius 2 is 1.82 bits per heavy atom. The first-order chi connectivity index (χ1) is 10.6. The second-order valence-electron chi connectivity index (χ2n) is 4.86. The molecule has 1 N–H and O–H groups in total. The van der Waals surface area contributed by atoms with Crippen molar-refractivity contribution in [2.24, 2.45) is 0 Å². The maximum absolute atomic E-state index is 12.2. The lowest BCUT2D eigenvalue weighted by Crippen LogP contribution is -2.11. The highest BCUT2D eigenvalue weighted by atomic mass is 32.2. The van der Waals surface area contributed by atoms with Crippen molar-refractivity contribution in [2.75, 3.05) is 12.8 Å². The summed E-state index contributed by atoms with van der Waals surface area (Å²) < 4.78 is 0. The number of hydrogen-bond acceptors (Lipinski definition) is 3. The average molecular weight is 319 g/mol. The SMILES string of the molecule is CC.CNC(C)=O.O=C1C2=C(CCC2)CSc2ccccc21. The highest BCUT2D eigenvalue weighted by molar-refractivity contribution is 7.99. The van der Waals surface area contributed by atoms with Crippen molar-refractivity contribution in [1.82, 2.24) is 5.32 Å². The van der Waals surface area contributed by atoms with Gasteiger partial charge in [0.15, 0.2) is 5.78 Å². The number of Topliss-reactive ketones (excluding diaryl/α,β-unsaturated/α-hetero) is 1. The molecular weight excluding hydrogens is 294 g/mol. The Bertz CT molecular complexity index is 564. The molecule has 1 aromatic carbocycles. The van der Waals surface area contributed by atoms with Gasteiger partial charge in [-0.2, -0.15) is 0 Å². The van der Waals surface area contributed by atoms with Gasteiger partial charge in [-0.3, -0.25) is 9.59 Å². The normalized spacial score (nSPS) is 15.4. The number of carbonyl (C=O) groups is 2. The smallest absolute Gasteiger partial charge is 0.216 e. The molecule has 0 saturated heterocycles. The second kappa shape index (κ2) is 9.46. The van der Waals surface area contributed by atoms with Gasteiger partial charge in [-0.1, -0.05) is 31.6 Å². The number of allylic oxidation sites excluding steroid dienone is 1. The number of carbonyl (C=O) groups excluding carboxylic acids is 2. The van der Waals surface area contributed by atoms with Crippen LogP contribution >= 0.6 is 11.8 Å². The molecule has 0 fully saturated rings. The fourth-order valence-corrected chi connectivity index (χ4v) is 3.49. The van der Waals surface area contributed by atoms with Crippen LogP contribution in [0.2, 0.25) is 0 Å². The molecule has 0 spiro atoms. The number of thioether (sulfide) groups is 1. The zero-order chi connectivity index (χ0) is 16.5. The van der Waals surface area contributed by atoms with Gasteiger partial charge in [-0.25, -0.2) is 0 Å². The zero-order valence-electron chi connectivity index (χ0n) is 13.9. The van der Waals surface area contributed by atoms with E-state index in [4.69, 9.17) is 0 Å². The fraction of sp³-hybridized carbons (Fsp3) is 0.444. The molecule has 4 heteroatoms. The Labute approximate surface area is 137 Å². The number of amides is 1. The van der Waals surface area contributed by atoms with Gasteiger partial charge < -0.3 is 5.32 Å². The highest BCUT2D eigenvalue weighted by Gasteiger charge is 2.26. The van der Waals surface area contributed by atoms with Crippen molar-refractivity contribution in [1.29, 1.82) is 0 Å². The minimum absolute atomic E-state index is 0.00463. The van der Waals surface area contributed by atoms with E-state index in [0.29, 0.717) is 0 Å². The third kappa shape index (κ3) is 4.73. The van der Waals surface area contributed by atoms with Crippen LogP contribution in [0.4, 0.5) is 0 Å². The van der Waals surface area contributed by atoms with Crippen molar-refractivity contribution >= 4 is 23.5 Å². The van der Waals surface area contributed by atoms with Gasteiger partial charge in [0, 0.05) is 35.8 Å². The van der Waals surface area contributed by atoms with Crippen LogP contribution < -0.4 is 5.32 Å². The quantitative estimate of drug-likeness (QED) is 0.778. The zero-order valence-corrected chi connectivity index (χ0v) is 14.7. The van der Waals surface area contributed by atoms with Crippen molar-refractivity contribution < 1.29 is 9.59 Å². The first-order valence-electron chi connectivity index (χ1n) is 7.79. The summed E-state index contributed by atoms with van der Waals surface area (Å²) in [4.78, 5) is 23.1. The van der Waals surface area contributed by atoms with Crippen LogP contribution in [-0.4, -0.2) is 24.5 Å². The molecule has 3 rings (SSSR count). The maximum Gasteiger partial charge on any atom is 0.216 e. The number of ketones is 1. The summed E-state index contributed by atoms with van der Waals surface area (Å²) in [5.41, 5.74) is 3.41. The molecule has 22 heavy (non-hydrogen) atoms. The van der Waals surface area contributed by atoms with Crippen LogP contribution in [0.15, 0.2) is 40.3 Å². The summed E-state index contributed by atoms with van der Waals surface area (Å²) in [5.74, 6) is 1.30. The topological polar surface area (TPSA) is 46.2 Å². The Morgan fingerprint density at radius 1 is 1.18 bits per heavy atom. The Hall–Kier alpha value is -1.55. The first-order valence-corrected chi connectivity index (χ1v) is 8.77. The second-order valence-corrected chi connectivity index (χ2v) is 5.87. The van der Waals surface area contributed by atoms with E-state index in [9.17, 15) is 9.59 Å². The van der Waals surface area contributed by atoms with Crippen LogP contribution in [0.3, 0.4) is 0 Å². The molecule has 0 saturated carbocycles. The molecule has 0 unspecified atom stereocenters. The molecule has 1 heterocycles. The molecule has 0 bridgehead atoms. The molecular formula is C18H25NO2S. The minimum atomic E-state index is 0.00463. The van der Waals surface area contributed by atoms with Gasteiger partial charge >= 0.3 is 0 Å². The van der Waals surface area contributed by atoms with Crippen molar-refractivity contribution in [3.8, 4) is 0 Å². The van der Waals surface area contributed by atoms with Crippen LogP contribution in [0.1, 0.15) is 50.4 Å². The summed E-state index contributed by atoms with van der Waals surface area (Å²) in [5, 5.41) is 2.39. The standard InChI is InChI=1S/C13H12OS.C3H7NO.C2H6/c14-13-10-6-3-4-9(10)8-15-12-7-2-1-5-11(12)13;1-3(5)4-2;1-2/h1-2,5,7H,3-4,6,8H2;1-2H3,(H,4,5);1-2H3. The van der Waals surface area contributed by atoms with Gasteiger partial charge in [0.25, 0.3) is 0 Å². The summed E-state index contributed by atoms with van der Waals surface area (Å²) in [6, 6.07) is 7.98. The van der Waals surface area contributed by atoms with Crippen LogP contribution in [0.5, 0.6) is 0 Å². The number of hydrogen-bond donors (Lipinski definition) is 1. The van der Waals surface area contributed by atoms with Crippen molar-refractivity contribution in [2.45, 2.75) is 44.9 Å². The predicted octanol–water partition coefficient (Wildman–Crippen LogP) is 4.23. The van der Waals surface area contributed by atoms with E-state index >= 15 is 0 Å². The molecule has 1 aliphatic heterocycles. The van der Waals surface area contributed by atoms with Crippen LogP contribution in [0.25, 0.3) is 0 Å². The van der Waals surface area contributed by atoms with Gasteiger partial charge in [0.05, 0.1) is 0 Å². The van der Waals surface area contributed by atoms with E-state index in [1.54, 1.807) is 7.05 Å². The third-order valence-corrected chi connectivity index (χ3v) is 4.65. The molecule has 0 atom stereocenters. The van der Waals surface area contributed by atoms with E-state index in [1.165, 1.54) is 18.9 Å². The summed E-state index contributed by atoms with van der Waals surface area (Å²) >= 11 is 1.81. The predicted molar refractivity (Wildman–Crippen MR) is 93.5 cm³/mol. The average Bonchev–Trinajstić information content (AvgIpc) is 2.99. The maximum atomic E-state index is 12.2. The monoisotopic (exact) mass is 319 g/mol. The van der Waals surface area contributed by atoms with E-state index < -0.39 is 0 Å². The molecule has 1 amide bonds. The minimum Gasteiger partial charge on any atom is -0.359 e. The molecule has 120 valence electrons. The Morgan fingerprint density at radius 3 is 2.45 bits per heavy atom. The third-order valence-electron chi connectivity index (χ3n) is 3.49. The van der Waals surface area contributed by atoms with E-state index in [-0.39, 0.29) is 11.7 Å². The van der Waals surface area contributed by atoms with Gasteiger partial charge in [0.2, 0.25) is 5.91 Å². The lowest BCUT2D eigenvalue weighted by molar-refractivity contribution is -0.118. The molecule has 0 aromatic heterocycles. The number of fused-ring (bicyclic) bond motifs is 1. The van der Waals surface area contributed by atoms with E-state index in [1.807, 2.05) is 43.8 Å². The van der Waals surface area contributed by atoms with Gasteiger partial charge in [-0.15, -0.1) is 11.8 Å². The number of benzene rings is 1. The largest absolute Gasteiger partial charge is 0.359 e. The Balaban J connectivity index is 0.000000299. The molecule has 0 radical (unpaired) electrons. The molecule has 2 aliphatic rings. The van der Waals surface area contributed by atoms with Gasteiger partial charge in [0.1, 0.15) is 0 Å². The Kier molecular flexibility index (Phi) is 7.96. The lowest BCUT2D eigenvalue weighted by atomic mass is 10.0. The first kappa shape index (κ1) is 18.5. The highest BCUT2D eigenvalue weighted by Crippen LogP contribution is 2.38. The fourth-order valence-electron chi connectivity index (χ4n) is 2.35. The molecule has 1 aromatic rings. The lowest BCUT2D eigenvalue weighted by Gasteiger charge is -2.04. The number of nitrogens with one attached hydrogen (secondary N) is 1. The van der Waals surface area contributed by atoms with Crippen molar-refractivity contribution in [3.63, 3.8) is 0 Å². The number of rotatable bonds is 0. The summed E-state index contributed by atoms with van der Waals surface area (Å²) in [7, 11) is 1.60. The molecule has 3 nitrogen and oxygen atoms in total. The van der Waals surface area contributed by atoms with Crippen molar-refractivity contribution in [3.05, 3.63) is 41.0 Å². The summed E-state index contributed by atoms with van der Waals surface area (Å²) in [6.45, 7) is 5.47. The molecule has 1 aliphatic carbocycles. The van der Waals surface area contributed by atoms with Gasteiger partial charge in [-0.05, 0) is 31.4 Å². The van der Waals surface area contributed by atoms with E-state index in [2.05, 4.69) is 11.4 Å². The van der Waals surface area contributed by atoms with Crippen LogP contribution in [-0.2, 0) is 4.79 Å². The van der Waals surface area contributed by atoms with E-state index in [0.717, 1.165) is 34.6 Å². The summed E-state index contributed by atoms with van der Waals surface area (Å²) in [6.07, 6.45) is 3.28. The van der Waals surface area contributed by atoms with Crippen LogP contribution in [0, 0.1) is 0 Å².